The SMILES string of the molecule is COCCN1C(=O)[C@]2(CC[C@@H]3CN(Cc4cccc(Cl)c4)C[C@@H]32)N=C1C.O=C(O)C(F)(F)F. The van der Waals surface area contributed by atoms with Gasteiger partial charge >= 0.3 is 12.1 Å². The van der Waals surface area contributed by atoms with E-state index in [0.29, 0.717) is 25.0 Å². The number of halogens is 4. The Balaban J connectivity index is 0.000000383. The van der Waals surface area contributed by atoms with Crippen molar-refractivity contribution in [2.75, 3.05) is 33.4 Å². The average Bonchev–Trinajstić information content (AvgIpc) is 3.34. The molecule has 1 amide bonds. The zero-order chi connectivity index (χ0) is 24.4. The van der Waals surface area contributed by atoms with Gasteiger partial charge in [-0.2, -0.15) is 13.2 Å². The minimum atomic E-state index is -5.08. The molecule has 1 saturated heterocycles. The van der Waals surface area contributed by atoms with Gasteiger partial charge in [-0.25, -0.2) is 4.79 Å². The molecule has 1 spiro atoms. The molecule has 4 rings (SSSR count). The summed E-state index contributed by atoms with van der Waals surface area (Å²) in [5.41, 5.74) is 0.691. The van der Waals surface area contributed by atoms with Crippen molar-refractivity contribution in [3.05, 3.63) is 34.9 Å². The fourth-order valence-corrected chi connectivity index (χ4v) is 5.25. The van der Waals surface area contributed by atoms with Crippen molar-refractivity contribution in [3.8, 4) is 0 Å². The van der Waals surface area contributed by atoms with Crippen LogP contribution in [-0.4, -0.2) is 77.7 Å². The highest BCUT2D eigenvalue weighted by atomic mass is 35.5. The first kappa shape index (κ1) is 25.5. The maximum atomic E-state index is 13.2. The molecule has 3 atom stereocenters. The van der Waals surface area contributed by atoms with Crippen LogP contribution in [0.3, 0.4) is 0 Å². The summed E-state index contributed by atoms with van der Waals surface area (Å²) in [5.74, 6) is -0.855. The summed E-state index contributed by atoms with van der Waals surface area (Å²) < 4.78 is 36.9. The van der Waals surface area contributed by atoms with Crippen LogP contribution < -0.4 is 0 Å². The van der Waals surface area contributed by atoms with Gasteiger partial charge in [0.2, 0.25) is 0 Å². The summed E-state index contributed by atoms with van der Waals surface area (Å²) in [5, 5.41) is 7.90. The number of fused-ring (bicyclic) bond motifs is 2. The number of hydrogen-bond acceptors (Lipinski definition) is 5. The Hall–Kier alpha value is -2.17. The Bertz CT molecular complexity index is 926. The molecule has 33 heavy (non-hydrogen) atoms. The second kappa shape index (κ2) is 9.99. The number of carboxylic acid groups (broad SMARTS) is 1. The number of carboxylic acids is 1. The first-order valence-corrected chi connectivity index (χ1v) is 11.0. The Labute approximate surface area is 195 Å². The molecule has 182 valence electrons. The van der Waals surface area contributed by atoms with Crippen molar-refractivity contribution in [1.29, 1.82) is 0 Å². The van der Waals surface area contributed by atoms with E-state index in [4.69, 9.17) is 31.2 Å². The standard InChI is InChI=1S/C20H26ClN3O2.C2HF3O2/c1-14-22-20(19(25)24(14)8-9-26-2)7-6-16-12-23(13-18(16)20)11-15-4-3-5-17(21)10-15;3-2(4,5)1(6)7/h3-5,10,16,18H,6-9,11-13H2,1-2H3;(H,6,7)/t16-,18+,20-;/m1./s1. The number of amides is 1. The highest BCUT2D eigenvalue weighted by molar-refractivity contribution is 6.30. The van der Waals surface area contributed by atoms with Gasteiger partial charge in [-0.1, -0.05) is 23.7 Å². The number of carbonyl (C=O) groups is 2. The van der Waals surface area contributed by atoms with E-state index in [1.54, 1.807) is 7.11 Å². The van der Waals surface area contributed by atoms with E-state index >= 15 is 0 Å². The molecule has 0 bridgehead atoms. The normalized spacial score (nSPS) is 26.9. The molecule has 2 fully saturated rings. The van der Waals surface area contributed by atoms with Crippen LogP contribution in [0.15, 0.2) is 29.3 Å². The van der Waals surface area contributed by atoms with E-state index in [-0.39, 0.29) is 5.91 Å². The molecule has 1 aromatic rings. The number of likely N-dealkylation sites (tertiary alicyclic amines) is 1. The predicted octanol–water partition coefficient (Wildman–Crippen LogP) is 3.46. The van der Waals surface area contributed by atoms with Gasteiger partial charge in [-0.05, 0) is 43.4 Å². The summed E-state index contributed by atoms with van der Waals surface area (Å²) in [6.07, 6.45) is -3.12. The monoisotopic (exact) mass is 489 g/mol. The van der Waals surface area contributed by atoms with Crippen LogP contribution in [-0.2, 0) is 20.9 Å². The Morgan fingerprint density at radius 3 is 2.67 bits per heavy atom. The molecule has 1 aromatic carbocycles. The minimum absolute atomic E-state index is 0.184. The largest absolute Gasteiger partial charge is 0.490 e. The molecule has 2 heterocycles. The van der Waals surface area contributed by atoms with Crippen molar-refractivity contribution in [2.45, 2.75) is 38.0 Å². The smallest absolute Gasteiger partial charge is 0.475 e. The quantitative estimate of drug-likeness (QED) is 0.685. The van der Waals surface area contributed by atoms with Gasteiger partial charge in [0.05, 0.1) is 13.2 Å². The van der Waals surface area contributed by atoms with E-state index in [1.165, 1.54) is 5.56 Å². The fraction of sp³-hybridized carbons (Fsp3) is 0.591. The fourth-order valence-electron chi connectivity index (χ4n) is 5.04. The van der Waals surface area contributed by atoms with E-state index in [0.717, 1.165) is 43.3 Å². The number of aliphatic carboxylic acids is 1. The van der Waals surface area contributed by atoms with Gasteiger partial charge in [0.15, 0.2) is 0 Å². The summed E-state index contributed by atoms with van der Waals surface area (Å²) >= 11 is 6.12. The average molecular weight is 490 g/mol. The third kappa shape index (κ3) is 5.50. The zero-order valence-corrected chi connectivity index (χ0v) is 19.2. The van der Waals surface area contributed by atoms with Crippen LogP contribution in [0.4, 0.5) is 13.2 Å². The minimum Gasteiger partial charge on any atom is -0.475 e. The van der Waals surface area contributed by atoms with Crippen molar-refractivity contribution in [3.63, 3.8) is 0 Å². The highest BCUT2D eigenvalue weighted by Crippen LogP contribution is 2.50. The lowest BCUT2D eigenvalue weighted by Crippen LogP contribution is -2.47. The summed E-state index contributed by atoms with van der Waals surface area (Å²) in [4.78, 5) is 31.3. The topological polar surface area (TPSA) is 82.4 Å². The van der Waals surface area contributed by atoms with Crippen LogP contribution in [0, 0.1) is 11.8 Å². The number of ether oxygens (including phenoxy) is 1. The number of hydrogen-bond donors (Lipinski definition) is 1. The summed E-state index contributed by atoms with van der Waals surface area (Å²) in [6.45, 7) is 5.94. The molecule has 7 nitrogen and oxygen atoms in total. The highest BCUT2D eigenvalue weighted by Gasteiger charge is 2.60. The Kier molecular flexibility index (Phi) is 7.70. The van der Waals surface area contributed by atoms with Gasteiger partial charge in [-0.15, -0.1) is 0 Å². The molecule has 0 unspecified atom stereocenters. The molecular weight excluding hydrogens is 463 g/mol. The molecule has 0 aromatic heterocycles. The third-order valence-electron chi connectivity index (χ3n) is 6.45. The van der Waals surface area contributed by atoms with Gasteiger partial charge < -0.3 is 9.84 Å². The first-order valence-electron chi connectivity index (χ1n) is 10.6. The lowest BCUT2D eigenvalue weighted by molar-refractivity contribution is -0.192. The molecule has 0 radical (unpaired) electrons. The molecule has 11 heteroatoms. The lowest BCUT2D eigenvalue weighted by Gasteiger charge is -2.28. The number of amidine groups is 1. The van der Waals surface area contributed by atoms with Gasteiger partial charge in [0.25, 0.3) is 5.91 Å². The van der Waals surface area contributed by atoms with Crippen LogP contribution in [0.1, 0.15) is 25.3 Å². The van der Waals surface area contributed by atoms with E-state index in [2.05, 4.69) is 11.0 Å². The number of alkyl halides is 3. The maximum absolute atomic E-state index is 13.2. The third-order valence-corrected chi connectivity index (χ3v) is 6.69. The Morgan fingerprint density at radius 2 is 2.06 bits per heavy atom. The number of rotatable bonds is 5. The van der Waals surface area contributed by atoms with Crippen molar-refractivity contribution >= 4 is 29.3 Å². The molecule has 1 saturated carbocycles. The molecule has 1 N–H and O–H groups in total. The van der Waals surface area contributed by atoms with Crippen molar-refractivity contribution < 1.29 is 32.6 Å². The second-order valence-electron chi connectivity index (χ2n) is 8.57. The lowest BCUT2D eigenvalue weighted by atomic mass is 9.85. The molecular formula is C22H27ClF3N3O4. The van der Waals surface area contributed by atoms with Gasteiger partial charge in [-0.3, -0.25) is 19.6 Å². The van der Waals surface area contributed by atoms with Gasteiger partial charge in [0.1, 0.15) is 11.4 Å². The number of nitrogens with zero attached hydrogens (tertiary/aromatic N) is 3. The zero-order valence-electron chi connectivity index (χ0n) is 18.4. The van der Waals surface area contributed by atoms with E-state index in [1.807, 2.05) is 30.0 Å². The second-order valence-corrected chi connectivity index (χ2v) is 9.00. The van der Waals surface area contributed by atoms with E-state index < -0.39 is 17.7 Å². The molecule has 3 aliphatic rings. The van der Waals surface area contributed by atoms with Crippen LogP contribution in [0.25, 0.3) is 0 Å². The summed E-state index contributed by atoms with van der Waals surface area (Å²) in [7, 11) is 1.67. The molecule has 1 aliphatic carbocycles. The number of carbonyl (C=O) groups excluding carboxylic acids is 1. The molecule has 2 aliphatic heterocycles. The number of benzene rings is 1. The van der Waals surface area contributed by atoms with Crippen LogP contribution in [0.2, 0.25) is 5.02 Å². The predicted molar refractivity (Wildman–Crippen MR) is 116 cm³/mol. The van der Waals surface area contributed by atoms with Crippen LogP contribution >= 0.6 is 11.6 Å². The summed E-state index contributed by atoms with van der Waals surface area (Å²) in [6, 6.07) is 8.05. The van der Waals surface area contributed by atoms with Crippen molar-refractivity contribution in [2.24, 2.45) is 16.8 Å². The van der Waals surface area contributed by atoms with Crippen molar-refractivity contribution in [1.82, 2.24) is 9.80 Å². The Morgan fingerprint density at radius 1 is 1.36 bits per heavy atom. The first-order chi connectivity index (χ1) is 15.5. The van der Waals surface area contributed by atoms with E-state index in [9.17, 15) is 18.0 Å². The number of methoxy groups -OCH3 is 1. The van der Waals surface area contributed by atoms with Crippen LogP contribution in [0.5, 0.6) is 0 Å². The van der Waals surface area contributed by atoms with Gasteiger partial charge in [0, 0.05) is 37.7 Å². The maximum Gasteiger partial charge on any atom is 0.490 e. The number of aliphatic imine (C=N–C) groups is 1.